The van der Waals surface area contributed by atoms with Crippen molar-refractivity contribution < 1.29 is 13.2 Å². The molecule has 1 N–H and O–H groups in total. The Balaban J connectivity index is 2.41. The second kappa shape index (κ2) is 8.10. The van der Waals surface area contributed by atoms with E-state index in [9.17, 15) is 13.2 Å². The van der Waals surface area contributed by atoms with Crippen molar-refractivity contribution in [1.82, 2.24) is 0 Å². The van der Waals surface area contributed by atoms with Crippen molar-refractivity contribution in [2.75, 3.05) is 15.9 Å². The highest BCUT2D eigenvalue weighted by molar-refractivity contribution is 7.92. The Labute approximate surface area is 160 Å². The van der Waals surface area contributed by atoms with Crippen molar-refractivity contribution >= 4 is 38.9 Å². The average Bonchev–Trinajstić information content (AvgIpc) is 2.56. The number of aryl methyl sites for hydroxylation is 2. The number of anilines is 2. The topological polar surface area (TPSA) is 66.5 Å². The minimum Gasteiger partial charge on any atom is -0.324 e. The zero-order valence-electron chi connectivity index (χ0n) is 15.3. The van der Waals surface area contributed by atoms with Crippen LogP contribution >= 0.6 is 11.6 Å². The number of rotatable bonds is 6. The number of nitrogens with zero attached hydrogens (tertiary/aromatic N) is 1. The molecule has 0 heterocycles. The van der Waals surface area contributed by atoms with E-state index in [-0.39, 0.29) is 5.91 Å². The molecule has 0 aromatic heterocycles. The van der Waals surface area contributed by atoms with Gasteiger partial charge in [-0.15, -0.1) is 0 Å². The lowest BCUT2D eigenvalue weighted by Gasteiger charge is -2.30. The molecule has 140 valence electrons. The van der Waals surface area contributed by atoms with Gasteiger partial charge in [-0.2, -0.15) is 0 Å². The van der Waals surface area contributed by atoms with Gasteiger partial charge in [0.05, 0.1) is 11.9 Å². The van der Waals surface area contributed by atoms with Crippen LogP contribution in [0, 0.1) is 13.8 Å². The van der Waals surface area contributed by atoms with E-state index in [1.807, 2.05) is 32.0 Å². The molecule has 0 aliphatic heterocycles. The molecule has 0 aliphatic rings. The second-order valence-electron chi connectivity index (χ2n) is 6.22. The van der Waals surface area contributed by atoms with Gasteiger partial charge in [-0.3, -0.25) is 9.10 Å². The first-order valence-corrected chi connectivity index (χ1v) is 10.5. The van der Waals surface area contributed by atoms with Crippen LogP contribution in [0.4, 0.5) is 11.4 Å². The van der Waals surface area contributed by atoms with Gasteiger partial charge in [0.1, 0.15) is 6.04 Å². The second-order valence-corrected chi connectivity index (χ2v) is 8.51. The highest BCUT2D eigenvalue weighted by Crippen LogP contribution is 2.26. The Morgan fingerprint density at radius 1 is 1.12 bits per heavy atom. The number of para-hydroxylation sites is 1. The summed E-state index contributed by atoms with van der Waals surface area (Å²) in [5, 5.41) is 3.39. The number of nitrogens with one attached hydrogen (secondary N) is 1. The van der Waals surface area contributed by atoms with Crippen LogP contribution < -0.4 is 9.62 Å². The summed E-state index contributed by atoms with van der Waals surface area (Å²) in [6.45, 7) is 5.58. The summed E-state index contributed by atoms with van der Waals surface area (Å²) in [6, 6.07) is 11.2. The van der Waals surface area contributed by atoms with E-state index < -0.39 is 16.1 Å². The number of carbonyl (C=O) groups is 1. The molecule has 2 rings (SSSR count). The highest BCUT2D eigenvalue weighted by atomic mass is 35.5. The van der Waals surface area contributed by atoms with E-state index in [1.54, 1.807) is 31.2 Å². The molecule has 0 saturated carbocycles. The third-order valence-electron chi connectivity index (χ3n) is 4.14. The Hall–Kier alpha value is -2.05. The van der Waals surface area contributed by atoms with Crippen LogP contribution in [0.5, 0.6) is 0 Å². The van der Waals surface area contributed by atoms with E-state index in [2.05, 4.69) is 5.32 Å². The molecule has 5 nitrogen and oxygen atoms in total. The molecule has 1 amide bonds. The first-order valence-electron chi connectivity index (χ1n) is 8.27. The van der Waals surface area contributed by atoms with Gasteiger partial charge in [0.2, 0.25) is 15.9 Å². The maximum Gasteiger partial charge on any atom is 0.248 e. The Kier molecular flexibility index (Phi) is 6.31. The van der Waals surface area contributed by atoms with E-state index in [0.717, 1.165) is 21.7 Å². The van der Waals surface area contributed by atoms with Gasteiger partial charge in [-0.25, -0.2) is 8.42 Å². The molecule has 26 heavy (non-hydrogen) atoms. The van der Waals surface area contributed by atoms with Crippen LogP contribution in [0.1, 0.15) is 24.5 Å². The van der Waals surface area contributed by atoms with Crippen molar-refractivity contribution in [3.8, 4) is 0 Å². The standard InChI is InChI=1S/C19H23ClN2O3S/c1-5-17(19(23)21-18-13(2)7-6-8-14(18)3)22(26(4,24)25)16-11-9-15(20)10-12-16/h6-12,17H,5H2,1-4H3,(H,21,23)/t17-/m1/s1. The fraction of sp³-hybridized carbons (Fsp3) is 0.316. The lowest BCUT2D eigenvalue weighted by Crippen LogP contribution is -2.47. The molecule has 0 fully saturated rings. The van der Waals surface area contributed by atoms with E-state index in [1.165, 1.54) is 0 Å². The predicted molar refractivity (Wildman–Crippen MR) is 107 cm³/mol. The maximum atomic E-state index is 12.9. The fourth-order valence-electron chi connectivity index (χ4n) is 2.87. The van der Waals surface area contributed by atoms with Gasteiger partial charge in [0, 0.05) is 10.7 Å². The van der Waals surface area contributed by atoms with E-state index in [0.29, 0.717) is 22.8 Å². The number of benzene rings is 2. The monoisotopic (exact) mass is 394 g/mol. The lowest BCUT2D eigenvalue weighted by atomic mass is 10.1. The summed E-state index contributed by atoms with van der Waals surface area (Å²) in [5.74, 6) is -0.370. The lowest BCUT2D eigenvalue weighted by molar-refractivity contribution is -0.117. The van der Waals surface area contributed by atoms with Crippen molar-refractivity contribution in [3.63, 3.8) is 0 Å². The minimum absolute atomic E-state index is 0.326. The number of hydrogen-bond acceptors (Lipinski definition) is 3. The van der Waals surface area contributed by atoms with Gasteiger partial charge < -0.3 is 5.32 Å². The minimum atomic E-state index is -3.67. The summed E-state index contributed by atoms with van der Waals surface area (Å²) in [6.07, 6.45) is 1.42. The molecule has 0 spiro atoms. The molecule has 0 bridgehead atoms. The van der Waals surface area contributed by atoms with E-state index >= 15 is 0 Å². The zero-order valence-corrected chi connectivity index (χ0v) is 16.9. The average molecular weight is 395 g/mol. The molecule has 2 aromatic carbocycles. The SMILES string of the molecule is CC[C@H](C(=O)Nc1c(C)cccc1C)N(c1ccc(Cl)cc1)S(C)(=O)=O. The summed E-state index contributed by atoms with van der Waals surface area (Å²) in [7, 11) is -3.67. The fourth-order valence-corrected chi connectivity index (χ4v) is 4.20. The van der Waals surface area contributed by atoms with Crippen molar-refractivity contribution in [1.29, 1.82) is 0 Å². The predicted octanol–water partition coefficient (Wildman–Crippen LogP) is 4.14. The summed E-state index contributed by atoms with van der Waals surface area (Å²) < 4.78 is 26.0. The first kappa shape index (κ1) is 20.3. The Bertz CT molecular complexity index is 875. The first-order chi connectivity index (χ1) is 12.1. The van der Waals surface area contributed by atoms with Crippen LogP contribution in [0.15, 0.2) is 42.5 Å². The van der Waals surface area contributed by atoms with Crippen molar-refractivity contribution in [2.24, 2.45) is 0 Å². The van der Waals surface area contributed by atoms with Crippen LogP contribution in [0.25, 0.3) is 0 Å². The molecular formula is C19H23ClN2O3S. The van der Waals surface area contributed by atoms with Gasteiger partial charge in [-0.05, 0) is 55.7 Å². The number of halogens is 1. The number of sulfonamides is 1. The van der Waals surface area contributed by atoms with Crippen molar-refractivity contribution in [3.05, 3.63) is 58.6 Å². The molecule has 0 unspecified atom stereocenters. The number of hydrogen-bond donors (Lipinski definition) is 1. The quantitative estimate of drug-likeness (QED) is 0.800. The smallest absolute Gasteiger partial charge is 0.248 e. The zero-order chi connectivity index (χ0) is 19.5. The van der Waals surface area contributed by atoms with Crippen LogP contribution in [-0.2, 0) is 14.8 Å². The van der Waals surface area contributed by atoms with Gasteiger partial charge in [0.15, 0.2) is 0 Å². The van der Waals surface area contributed by atoms with Crippen LogP contribution in [0.3, 0.4) is 0 Å². The molecule has 1 atom stereocenters. The summed E-state index contributed by atoms with van der Waals surface area (Å²) in [4.78, 5) is 12.9. The third kappa shape index (κ3) is 4.56. The number of carbonyl (C=O) groups excluding carboxylic acids is 1. The van der Waals surface area contributed by atoms with Gasteiger partial charge in [-0.1, -0.05) is 36.7 Å². The maximum absolute atomic E-state index is 12.9. The third-order valence-corrected chi connectivity index (χ3v) is 5.57. The summed E-state index contributed by atoms with van der Waals surface area (Å²) in [5.41, 5.74) is 2.96. The van der Waals surface area contributed by atoms with Crippen LogP contribution in [-0.4, -0.2) is 26.6 Å². The Morgan fingerprint density at radius 3 is 2.12 bits per heavy atom. The molecule has 0 aliphatic carbocycles. The van der Waals surface area contributed by atoms with Crippen LogP contribution in [0.2, 0.25) is 5.02 Å². The normalized spacial score (nSPS) is 12.5. The molecule has 0 radical (unpaired) electrons. The largest absolute Gasteiger partial charge is 0.324 e. The molecule has 7 heteroatoms. The summed E-state index contributed by atoms with van der Waals surface area (Å²) >= 11 is 5.90. The van der Waals surface area contributed by atoms with E-state index in [4.69, 9.17) is 11.6 Å². The van der Waals surface area contributed by atoms with Gasteiger partial charge in [0.25, 0.3) is 0 Å². The number of amides is 1. The molecular weight excluding hydrogens is 372 g/mol. The molecule has 2 aromatic rings. The highest BCUT2D eigenvalue weighted by Gasteiger charge is 2.31. The van der Waals surface area contributed by atoms with Crippen molar-refractivity contribution in [2.45, 2.75) is 33.2 Å². The molecule has 0 saturated heterocycles. The Morgan fingerprint density at radius 2 is 1.65 bits per heavy atom. The van der Waals surface area contributed by atoms with Gasteiger partial charge >= 0.3 is 0 Å².